The molecule has 6 heteroatoms. The Bertz CT molecular complexity index is 721. The van der Waals surface area contributed by atoms with Gasteiger partial charge in [0.2, 0.25) is 0 Å². The zero-order valence-electron chi connectivity index (χ0n) is 11.1. The van der Waals surface area contributed by atoms with Crippen LogP contribution < -0.4 is 10.5 Å². The molecule has 0 saturated heterocycles. The molecule has 0 aliphatic heterocycles. The number of hydrogen-bond donors (Lipinski definition) is 1. The van der Waals surface area contributed by atoms with E-state index in [9.17, 15) is 4.79 Å². The van der Waals surface area contributed by atoms with E-state index in [1.54, 1.807) is 24.3 Å². The fourth-order valence-electron chi connectivity index (χ4n) is 1.70. The van der Waals surface area contributed by atoms with Gasteiger partial charge in [-0.15, -0.1) is 0 Å². The van der Waals surface area contributed by atoms with E-state index in [0.29, 0.717) is 17.0 Å². The van der Waals surface area contributed by atoms with Gasteiger partial charge in [-0.25, -0.2) is 4.79 Å². The fraction of sp³-hybridized carbons (Fsp3) is 0.0667. The number of rotatable bonds is 3. The summed E-state index contributed by atoms with van der Waals surface area (Å²) in [5.74, 6) is -0.0129. The number of esters is 1. The van der Waals surface area contributed by atoms with Crippen molar-refractivity contribution in [3.8, 4) is 17.6 Å². The van der Waals surface area contributed by atoms with Crippen LogP contribution in [0.2, 0.25) is 5.02 Å². The maximum Gasteiger partial charge on any atom is 0.341 e. The predicted molar refractivity (Wildman–Crippen MR) is 78.4 cm³/mol. The molecule has 2 N–H and O–H groups in total. The van der Waals surface area contributed by atoms with Gasteiger partial charge in [0.05, 0.1) is 23.8 Å². The maximum absolute atomic E-state index is 11.8. The Kier molecular flexibility index (Phi) is 4.31. The number of carbonyl (C=O) groups is 1. The second-order valence-electron chi connectivity index (χ2n) is 4.11. The molecule has 0 radical (unpaired) electrons. The molecule has 0 bridgehead atoms. The van der Waals surface area contributed by atoms with Crippen LogP contribution in [0.1, 0.15) is 15.9 Å². The molecule has 0 aliphatic rings. The van der Waals surface area contributed by atoms with Crippen molar-refractivity contribution >= 4 is 23.3 Å². The molecule has 0 spiro atoms. The number of ether oxygens (including phenoxy) is 2. The standard InChI is InChI=1S/C15H11ClN2O3/c1-20-15(19)12-6-10(18)7-13(16)14(12)21-11-4-2-9(8-17)3-5-11/h2-7H,18H2,1H3. The molecule has 0 heterocycles. The van der Waals surface area contributed by atoms with Crippen molar-refractivity contribution in [2.45, 2.75) is 0 Å². The highest BCUT2D eigenvalue weighted by Crippen LogP contribution is 2.35. The van der Waals surface area contributed by atoms with Gasteiger partial charge in [-0.1, -0.05) is 11.6 Å². The number of halogens is 1. The van der Waals surface area contributed by atoms with Crippen molar-refractivity contribution in [2.24, 2.45) is 0 Å². The molecule has 21 heavy (non-hydrogen) atoms. The van der Waals surface area contributed by atoms with E-state index in [-0.39, 0.29) is 16.3 Å². The average molecular weight is 303 g/mol. The van der Waals surface area contributed by atoms with Crippen LogP contribution in [0.15, 0.2) is 36.4 Å². The SMILES string of the molecule is COC(=O)c1cc(N)cc(Cl)c1Oc1ccc(C#N)cc1. The third kappa shape index (κ3) is 3.25. The second-order valence-corrected chi connectivity index (χ2v) is 4.52. The Labute approximate surface area is 126 Å². The smallest absolute Gasteiger partial charge is 0.341 e. The normalized spacial score (nSPS) is 9.76. The number of nitrogens with two attached hydrogens (primary N) is 1. The first-order chi connectivity index (χ1) is 10.0. The van der Waals surface area contributed by atoms with Crippen molar-refractivity contribution in [1.29, 1.82) is 5.26 Å². The zero-order chi connectivity index (χ0) is 15.4. The van der Waals surface area contributed by atoms with Crippen molar-refractivity contribution in [2.75, 3.05) is 12.8 Å². The molecular weight excluding hydrogens is 292 g/mol. The number of methoxy groups -OCH3 is 1. The van der Waals surface area contributed by atoms with Crippen molar-refractivity contribution in [1.82, 2.24) is 0 Å². The molecular formula is C15H11ClN2O3. The van der Waals surface area contributed by atoms with E-state index >= 15 is 0 Å². The van der Waals surface area contributed by atoms with Gasteiger partial charge in [0.15, 0.2) is 5.75 Å². The number of carbonyl (C=O) groups excluding carboxylic acids is 1. The molecule has 0 aliphatic carbocycles. The quantitative estimate of drug-likeness (QED) is 0.694. The van der Waals surface area contributed by atoms with Gasteiger partial charge in [0.25, 0.3) is 0 Å². The van der Waals surface area contributed by atoms with Gasteiger partial charge < -0.3 is 15.2 Å². The molecule has 2 rings (SSSR count). The third-order valence-corrected chi connectivity index (χ3v) is 2.96. The first-order valence-electron chi connectivity index (χ1n) is 5.90. The second kappa shape index (κ2) is 6.16. The van der Waals surface area contributed by atoms with Crippen LogP contribution in [0.3, 0.4) is 0 Å². The van der Waals surface area contributed by atoms with Crippen LogP contribution in [-0.2, 0) is 4.74 Å². The summed E-state index contributed by atoms with van der Waals surface area (Å²) in [6.45, 7) is 0. The minimum absolute atomic E-state index is 0.131. The van der Waals surface area contributed by atoms with Crippen LogP contribution in [-0.4, -0.2) is 13.1 Å². The van der Waals surface area contributed by atoms with Crippen LogP contribution in [0.4, 0.5) is 5.69 Å². The molecule has 0 unspecified atom stereocenters. The van der Waals surface area contributed by atoms with Crippen molar-refractivity contribution in [3.63, 3.8) is 0 Å². The molecule has 0 amide bonds. The molecule has 5 nitrogen and oxygen atoms in total. The average Bonchev–Trinajstić information content (AvgIpc) is 2.49. The van der Waals surface area contributed by atoms with E-state index < -0.39 is 5.97 Å². The number of hydrogen-bond acceptors (Lipinski definition) is 5. The third-order valence-electron chi connectivity index (χ3n) is 2.67. The van der Waals surface area contributed by atoms with Gasteiger partial charge >= 0.3 is 5.97 Å². The number of nitrogen functional groups attached to an aromatic ring is 1. The summed E-state index contributed by atoms with van der Waals surface area (Å²) in [5.41, 5.74) is 6.63. The molecule has 0 aromatic heterocycles. The summed E-state index contributed by atoms with van der Waals surface area (Å²) >= 11 is 6.08. The lowest BCUT2D eigenvalue weighted by atomic mass is 10.1. The minimum Gasteiger partial charge on any atom is -0.465 e. The Balaban J connectivity index is 2.42. The Hall–Kier alpha value is -2.71. The molecule has 106 valence electrons. The summed E-state index contributed by atoms with van der Waals surface area (Å²) in [6, 6.07) is 11.3. The summed E-state index contributed by atoms with van der Waals surface area (Å²) in [4.78, 5) is 11.8. The summed E-state index contributed by atoms with van der Waals surface area (Å²) < 4.78 is 10.3. The van der Waals surface area contributed by atoms with Crippen LogP contribution >= 0.6 is 11.6 Å². The summed E-state index contributed by atoms with van der Waals surface area (Å²) in [6.07, 6.45) is 0. The van der Waals surface area contributed by atoms with Gasteiger partial charge in [-0.2, -0.15) is 5.26 Å². The first-order valence-corrected chi connectivity index (χ1v) is 6.28. The van der Waals surface area contributed by atoms with E-state index in [1.807, 2.05) is 6.07 Å². The van der Waals surface area contributed by atoms with Crippen LogP contribution in [0, 0.1) is 11.3 Å². The molecule has 0 atom stereocenters. The fourth-order valence-corrected chi connectivity index (χ4v) is 1.96. The highest BCUT2D eigenvalue weighted by molar-refractivity contribution is 6.33. The highest BCUT2D eigenvalue weighted by Gasteiger charge is 2.18. The molecule has 0 saturated carbocycles. The van der Waals surface area contributed by atoms with Gasteiger partial charge in [-0.05, 0) is 36.4 Å². The van der Waals surface area contributed by atoms with Gasteiger partial charge in [0.1, 0.15) is 11.3 Å². The Morgan fingerprint density at radius 1 is 1.29 bits per heavy atom. The van der Waals surface area contributed by atoms with Crippen LogP contribution in [0.25, 0.3) is 0 Å². The number of benzene rings is 2. The van der Waals surface area contributed by atoms with Gasteiger partial charge in [-0.3, -0.25) is 0 Å². The Morgan fingerprint density at radius 3 is 2.52 bits per heavy atom. The Morgan fingerprint density at radius 2 is 1.95 bits per heavy atom. The van der Waals surface area contributed by atoms with E-state index in [2.05, 4.69) is 4.74 Å². The first kappa shape index (κ1) is 14.7. The lowest BCUT2D eigenvalue weighted by Gasteiger charge is -2.12. The topological polar surface area (TPSA) is 85.3 Å². The van der Waals surface area contributed by atoms with Crippen LogP contribution in [0.5, 0.6) is 11.5 Å². The van der Waals surface area contributed by atoms with E-state index in [1.165, 1.54) is 19.2 Å². The zero-order valence-corrected chi connectivity index (χ0v) is 11.8. The van der Waals surface area contributed by atoms with E-state index in [4.69, 9.17) is 27.3 Å². The lowest BCUT2D eigenvalue weighted by Crippen LogP contribution is -2.05. The predicted octanol–water partition coefficient (Wildman–Crippen LogP) is 3.37. The summed E-state index contributed by atoms with van der Waals surface area (Å²) in [5, 5.41) is 8.95. The molecule has 2 aromatic rings. The lowest BCUT2D eigenvalue weighted by molar-refractivity contribution is 0.0598. The number of nitriles is 1. The van der Waals surface area contributed by atoms with Crippen molar-refractivity contribution in [3.05, 3.63) is 52.5 Å². The highest BCUT2D eigenvalue weighted by atomic mass is 35.5. The monoisotopic (exact) mass is 302 g/mol. The summed E-state index contributed by atoms with van der Waals surface area (Å²) in [7, 11) is 1.25. The van der Waals surface area contributed by atoms with E-state index in [0.717, 1.165) is 0 Å². The molecule has 2 aromatic carbocycles. The maximum atomic E-state index is 11.8. The number of nitrogens with zero attached hydrogens (tertiary/aromatic N) is 1. The molecule has 0 fully saturated rings. The largest absolute Gasteiger partial charge is 0.465 e. The number of anilines is 1. The van der Waals surface area contributed by atoms with Gasteiger partial charge in [0, 0.05) is 5.69 Å². The minimum atomic E-state index is -0.604. The van der Waals surface area contributed by atoms with Crippen molar-refractivity contribution < 1.29 is 14.3 Å².